The number of rotatable bonds is 1. The Morgan fingerprint density at radius 3 is 2.06 bits per heavy atom. The largest absolute Gasteiger partial charge is 0.330 e. The van der Waals surface area contributed by atoms with Gasteiger partial charge in [-0.1, -0.05) is 24.3 Å². The Kier molecular flexibility index (Phi) is 2.84. The first-order valence-electron chi connectivity index (χ1n) is 5.89. The lowest BCUT2D eigenvalue weighted by Gasteiger charge is -2.15. The van der Waals surface area contributed by atoms with Crippen LogP contribution in [0.5, 0.6) is 0 Å². The van der Waals surface area contributed by atoms with Crippen molar-refractivity contribution in [2.24, 2.45) is 0 Å². The quantitative estimate of drug-likeness (QED) is 0.776. The lowest BCUT2D eigenvalue weighted by Crippen LogP contribution is -2.25. The minimum atomic E-state index is 0.0829. The first kappa shape index (κ1) is 11.4. The van der Waals surface area contributed by atoms with E-state index in [1.807, 2.05) is 41.3 Å². The summed E-state index contributed by atoms with van der Waals surface area (Å²) in [5, 5.41) is 0. The van der Waals surface area contributed by atoms with Crippen molar-refractivity contribution >= 4 is 18.5 Å². The summed E-state index contributed by atoms with van der Waals surface area (Å²) in [5.41, 5.74) is 3.22. The number of nitrogens with zero attached hydrogens (tertiary/aromatic N) is 1. The molecule has 0 saturated carbocycles. The van der Waals surface area contributed by atoms with Crippen molar-refractivity contribution in [2.75, 3.05) is 0 Å². The van der Waals surface area contributed by atoms with E-state index in [2.05, 4.69) is 24.8 Å². The summed E-state index contributed by atoms with van der Waals surface area (Å²) in [5.74, 6) is 0.0829. The van der Waals surface area contributed by atoms with Crippen LogP contribution in [0.3, 0.4) is 0 Å². The number of carbonyl (C=O) groups is 1. The third-order valence-electron chi connectivity index (χ3n) is 3.24. The van der Waals surface area contributed by atoms with Gasteiger partial charge in [0, 0.05) is 23.5 Å². The normalized spacial score (nSPS) is 13.5. The SMILES string of the molecule is O=C(c1ccc(S)cc1)N1Cc2ccccc2C1. The molecule has 0 aromatic heterocycles. The molecule has 1 aliphatic heterocycles. The topological polar surface area (TPSA) is 20.3 Å². The molecule has 3 rings (SSSR count). The third kappa shape index (κ3) is 2.02. The van der Waals surface area contributed by atoms with Gasteiger partial charge < -0.3 is 4.90 Å². The van der Waals surface area contributed by atoms with Crippen molar-refractivity contribution in [3.05, 3.63) is 65.2 Å². The zero-order valence-corrected chi connectivity index (χ0v) is 10.7. The highest BCUT2D eigenvalue weighted by atomic mass is 32.1. The molecule has 0 fully saturated rings. The van der Waals surface area contributed by atoms with Gasteiger partial charge in [-0.15, -0.1) is 12.6 Å². The van der Waals surface area contributed by atoms with Crippen LogP contribution in [0.1, 0.15) is 21.5 Å². The first-order valence-corrected chi connectivity index (χ1v) is 6.34. The summed E-state index contributed by atoms with van der Waals surface area (Å²) < 4.78 is 0. The minimum Gasteiger partial charge on any atom is -0.330 e. The van der Waals surface area contributed by atoms with Gasteiger partial charge in [-0.2, -0.15) is 0 Å². The van der Waals surface area contributed by atoms with Crippen LogP contribution >= 0.6 is 12.6 Å². The Morgan fingerprint density at radius 1 is 0.944 bits per heavy atom. The minimum absolute atomic E-state index is 0.0829. The Bertz CT molecular complexity index is 567. The molecule has 0 saturated heterocycles. The van der Waals surface area contributed by atoms with E-state index in [0.717, 1.165) is 10.5 Å². The summed E-state index contributed by atoms with van der Waals surface area (Å²) in [6.45, 7) is 1.41. The van der Waals surface area contributed by atoms with E-state index in [9.17, 15) is 4.79 Å². The molecule has 0 aliphatic carbocycles. The summed E-state index contributed by atoms with van der Waals surface area (Å²) in [6.07, 6.45) is 0. The average molecular weight is 255 g/mol. The molecular formula is C15H13NOS. The van der Waals surface area contributed by atoms with Gasteiger partial charge in [0.2, 0.25) is 0 Å². The molecular weight excluding hydrogens is 242 g/mol. The summed E-state index contributed by atoms with van der Waals surface area (Å²) in [4.78, 5) is 15.1. The molecule has 0 radical (unpaired) electrons. The third-order valence-corrected chi connectivity index (χ3v) is 3.54. The van der Waals surface area contributed by atoms with Gasteiger partial charge in [0.25, 0.3) is 5.91 Å². The van der Waals surface area contributed by atoms with Crippen molar-refractivity contribution in [3.8, 4) is 0 Å². The molecule has 1 aliphatic rings. The molecule has 0 bridgehead atoms. The van der Waals surface area contributed by atoms with Crippen molar-refractivity contribution in [2.45, 2.75) is 18.0 Å². The fraction of sp³-hybridized carbons (Fsp3) is 0.133. The van der Waals surface area contributed by atoms with E-state index >= 15 is 0 Å². The number of benzene rings is 2. The Labute approximate surface area is 112 Å². The van der Waals surface area contributed by atoms with Crippen LogP contribution < -0.4 is 0 Å². The molecule has 0 unspecified atom stereocenters. The van der Waals surface area contributed by atoms with Crippen LogP contribution in [0.4, 0.5) is 0 Å². The van der Waals surface area contributed by atoms with Gasteiger partial charge in [0.05, 0.1) is 0 Å². The highest BCUT2D eigenvalue weighted by molar-refractivity contribution is 7.80. The van der Waals surface area contributed by atoms with E-state index < -0.39 is 0 Å². The Morgan fingerprint density at radius 2 is 1.50 bits per heavy atom. The monoisotopic (exact) mass is 255 g/mol. The Hall–Kier alpha value is -1.74. The van der Waals surface area contributed by atoms with E-state index in [1.165, 1.54) is 11.1 Å². The second-order valence-electron chi connectivity index (χ2n) is 4.48. The fourth-order valence-corrected chi connectivity index (χ4v) is 2.41. The molecule has 2 aromatic rings. The summed E-state index contributed by atoms with van der Waals surface area (Å²) >= 11 is 4.23. The molecule has 0 N–H and O–H groups in total. The number of carbonyl (C=O) groups excluding carboxylic acids is 1. The molecule has 1 heterocycles. The van der Waals surface area contributed by atoms with Crippen molar-refractivity contribution in [1.29, 1.82) is 0 Å². The van der Waals surface area contributed by atoms with Gasteiger partial charge in [0.1, 0.15) is 0 Å². The summed E-state index contributed by atoms with van der Waals surface area (Å²) in [7, 11) is 0. The van der Waals surface area contributed by atoms with Gasteiger partial charge in [-0.3, -0.25) is 4.79 Å². The van der Waals surface area contributed by atoms with Crippen LogP contribution in [-0.2, 0) is 13.1 Å². The highest BCUT2D eigenvalue weighted by Crippen LogP contribution is 2.24. The predicted molar refractivity (Wildman–Crippen MR) is 73.7 cm³/mol. The number of thiol groups is 1. The lowest BCUT2D eigenvalue weighted by atomic mass is 10.1. The predicted octanol–water partition coefficient (Wildman–Crippen LogP) is 3.13. The molecule has 0 atom stereocenters. The second kappa shape index (κ2) is 4.50. The second-order valence-corrected chi connectivity index (χ2v) is 4.99. The smallest absolute Gasteiger partial charge is 0.254 e. The van der Waals surface area contributed by atoms with Gasteiger partial charge in [0.15, 0.2) is 0 Å². The van der Waals surface area contributed by atoms with E-state index in [0.29, 0.717) is 13.1 Å². The van der Waals surface area contributed by atoms with Gasteiger partial charge >= 0.3 is 0 Å². The van der Waals surface area contributed by atoms with Crippen LogP contribution in [0.2, 0.25) is 0 Å². The number of fused-ring (bicyclic) bond motifs is 1. The van der Waals surface area contributed by atoms with Gasteiger partial charge in [-0.05, 0) is 35.4 Å². The maximum absolute atomic E-state index is 12.3. The maximum Gasteiger partial charge on any atom is 0.254 e. The molecule has 2 nitrogen and oxygen atoms in total. The van der Waals surface area contributed by atoms with Gasteiger partial charge in [-0.25, -0.2) is 0 Å². The lowest BCUT2D eigenvalue weighted by molar-refractivity contribution is 0.0751. The molecule has 90 valence electrons. The van der Waals surface area contributed by atoms with Crippen molar-refractivity contribution in [3.63, 3.8) is 0 Å². The number of hydrogen-bond donors (Lipinski definition) is 1. The standard InChI is InChI=1S/C15H13NOS/c17-15(11-5-7-14(18)8-6-11)16-9-12-3-1-2-4-13(12)10-16/h1-8,18H,9-10H2. The van der Waals surface area contributed by atoms with E-state index in [-0.39, 0.29) is 5.91 Å². The van der Waals surface area contributed by atoms with Crippen molar-refractivity contribution in [1.82, 2.24) is 4.90 Å². The highest BCUT2D eigenvalue weighted by Gasteiger charge is 2.23. The zero-order chi connectivity index (χ0) is 12.5. The van der Waals surface area contributed by atoms with Crippen LogP contribution in [0, 0.1) is 0 Å². The van der Waals surface area contributed by atoms with Crippen molar-refractivity contribution < 1.29 is 4.79 Å². The molecule has 0 spiro atoms. The molecule has 18 heavy (non-hydrogen) atoms. The summed E-state index contributed by atoms with van der Waals surface area (Å²) in [6, 6.07) is 15.5. The fourth-order valence-electron chi connectivity index (χ4n) is 2.26. The maximum atomic E-state index is 12.3. The number of hydrogen-bond acceptors (Lipinski definition) is 2. The molecule has 3 heteroatoms. The van der Waals surface area contributed by atoms with E-state index in [1.54, 1.807) is 0 Å². The Balaban J connectivity index is 1.82. The van der Waals surface area contributed by atoms with Crippen LogP contribution in [0.15, 0.2) is 53.4 Å². The zero-order valence-electron chi connectivity index (χ0n) is 9.84. The van der Waals surface area contributed by atoms with Crippen LogP contribution in [0.25, 0.3) is 0 Å². The van der Waals surface area contributed by atoms with Crippen LogP contribution in [-0.4, -0.2) is 10.8 Å². The molecule has 1 amide bonds. The first-order chi connectivity index (χ1) is 8.74. The average Bonchev–Trinajstić information content (AvgIpc) is 2.82. The number of amides is 1. The van der Waals surface area contributed by atoms with E-state index in [4.69, 9.17) is 0 Å². The molecule has 2 aromatic carbocycles.